The maximum atomic E-state index is 13.2. The van der Waals surface area contributed by atoms with Gasteiger partial charge in [0.1, 0.15) is 48.8 Å². The van der Waals surface area contributed by atoms with Gasteiger partial charge in [-0.1, -0.05) is 30.3 Å². The van der Waals surface area contributed by atoms with E-state index >= 15 is 0 Å². The number of hydrogen-bond donors (Lipinski definition) is 7. The van der Waals surface area contributed by atoms with Gasteiger partial charge in [0.2, 0.25) is 0 Å². The molecule has 2 amide bonds. The highest BCUT2D eigenvalue weighted by Crippen LogP contribution is 2.31. The van der Waals surface area contributed by atoms with E-state index in [0.717, 1.165) is 10.5 Å². The monoisotopic (exact) mass is 579 g/mol. The smallest absolute Gasteiger partial charge is 0.345 e. The van der Waals surface area contributed by atoms with Crippen molar-refractivity contribution in [1.29, 1.82) is 0 Å². The number of hydrogen-bond acceptors (Lipinski definition) is 13. The summed E-state index contributed by atoms with van der Waals surface area (Å²) in [5.41, 5.74) is 0.812. The van der Waals surface area contributed by atoms with Crippen LogP contribution in [0.4, 0.5) is 4.79 Å². The van der Waals surface area contributed by atoms with Gasteiger partial charge >= 0.3 is 6.03 Å². The van der Waals surface area contributed by atoms with Crippen LogP contribution < -0.4 is 0 Å². The SMILES string of the molecule is O=NN(CCCl)C(=O)N(CCc1ccccc1)C1O[C@H](CO)[C@@H](O[C@H]2O[C@H](CO)[C@@H](O)[C@H](O)[C@H]2O)[C@H](O)[C@H]1O. The van der Waals surface area contributed by atoms with E-state index in [0.29, 0.717) is 5.01 Å². The van der Waals surface area contributed by atoms with E-state index in [4.69, 9.17) is 25.8 Å². The van der Waals surface area contributed by atoms with Gasteiger partial charge in [0.15, 0.2) is 12.5 Å². The third kappa shape index (κ3) is 7.20. The summed E-state index contributed by atoms with van der Waals surface area (Å²) in [6, 6.07) is 7.99. The number of amides is 2. The first-order valence-corrected chi connectivity index (χ1v) is 12.8. The lowest BCUT2D eigenvalue weighted by Crippen LogP contribution is -2.67. The molecule has 0 aliphatic carbocycles. The Kier molecular flexibility index (Phi) is 11.8. The average molecular weight is 580 g/mol. The summed E-state index contributed by atoms with van der Waals surface area (Å²) in [4.78, 5) is 25.5. The Balaban J connectivity index is 1.83. The van der Waals surface area contributed by atoms with Crippen molar-refractivity contribution in [2.75, 3.05) is 32.2 Å². The Hall–Kier alpha value is -2.02. The van der Waals surface area contributed by atoms with E-state index in [1.165, 1.54) is 0 Å². The summed E-state index contributed by atoms with van der Waals surface area (Å²) in [5.74, 6) is -0.116. The number of carbonyl (C=O) groups excluding carboxylic acids is 1. The van der Waals surface area contributed by atoms with Gasteiger partial charge in [0, 0.05) is 12.4 Å². The van der Waals surface area contributed by atoms with Gasteiger partial charge in [-0.15, -0.1) is 16.5 Å². The summed E-state index contributed by atoms with van der Waals surface area (Å²) < 4.78 is 16.6. The molecule has 2 aliphatic rings. The number of halogens is 1. The number of benzene rings is 1. The predicted octanol–water partition coefficient (Wildman–Crippen LogP) is -2.50. The number of nitroso groups, excluding NO2 is 1. The molecular formula is C23H34ClN3O12. The van der Waals surface area contributed by atoms with Crippen molar-refractivity contribution < 1.29 is 54.8 Å². The van der Waals surface area contributed by atoms with Crippen LogP contribution in [0.2, 0.25) is 0 Å². The minimum absolute atomic E-state index is 0.0953. The quantitative estimate of drug-likeness (QED) is 0.0821. The maximum absolute atomic E-state index is 13.2. The highest BCUT2D eigenvalue weighted by molar-refractivity contribution is 6.18. The molecule has 2 aliphatic heterocycles. The lowest BCUT2D eigenvalue weighted by Gasteiger charge is -2.48. The van der Waals surface area contributed by atoms with Crippen molar-refractivity contribution in [3.8, 4) is 0 Å². The molecule has 7 N–H and O–H groups in total. The summed E-state index contributed by atoms with van der Waals surface area (Å²) in [5, 5.41) is 74.9. The van der Waals surface area contributed by atoms with Crippen LogP contribution in [-0.4, -0.2) is 145 Å². The lowest BCUT2D eigenvalue weighted by atomic mass is 9.96. The Morgan fingerprint density at radius 1 is 0.897 bits per heavy atom. The summed E-state index contributed by atoms with van der Waals surface area (Å²) in [6.07, 6.45) is -16.2. The van der Waals surface area contributed by atoms with Gasteiger partial charge in [-0.2, -0.15) is 5.01 Å². The fourth-order valence-corrected chi connectivity index (χ4v) is 4.61. The standard InChI is InChI=1S/C23H34ClN3O12/c24-7-9-27(25-36)23(35)26(8-6-12-4-2-1-3-5-12)21-18(33)17(32)20(14(11-29)37-21)39-22-19(34)16(31)15(30)13(10-28)38-22/h1-5,13-22,28-34H,6-11H2/t13-,14-,15-,16+,17-,18-,19-,20-,21?,22-/m1/s1. The molecule has 2 heterocycles. The molecule has 220 valence electrons. The molecule has 2 saturated heterocycles. The zero-order chi connectivity index (χ0) is 28.7. The van der Waals surface area contributed by atoms with E-state index in [-0.39, 0.29) is 25.4 Å². The van der Waals surface area contributed by atoms with Gasteiger partial charge in [-0.3, -0.25) is 4.90 Å². The highest BCUT2D eigenvalue weighted by Gasteiger charge is 2.52. The number of carbonyl (C=O) groups is 1. The zero-order valence-electron chi connectivity index (χ0n) is 20.8. The van der Waals surface area contributed by atoms with Crippen LogP contribution >= 0.6 is 11.6 Å². The molecule has 1 aromatic rings. The van der Waals surface area contributed by atoms with Crippen LogP contribution in [0, 0.1) is 4.91 Å². The summed E-state index contributed by atoms with van der Waals surface area (Å²) in [6.45, 7) is -1.86. The van der Waals surface area contributed by atoms with Crippen LogP contribution in [0.25, 0.3) is 0 Å². The number of ether oxygens (including phenoxy) is 3. The topological polar surface area (TPSA) is 222 Å². The van der Waals surface area contributed by atoms with Gasteiger partial charge in [0.25, 0.3) is 0 Å². The van der Waals surface area contributed by atoms with Crippen molar-refractivity contribution >= 4 is 17.6 Å². The Morgan fingerprint density at radius 2 is 1.56 bits per heavy atom. The summed E-state index contributed by atoms with van der Waals surface area (Å²) in [7, 11) is 0. The van der Waals surface area contributed by atoms with Crippen LogP contribution in [0.15, 0.2) is 35.6 Å². The molecule has 1 unspecified atom stereocenters. The first-order valence-electron chi connectivity index (χ1n) is 12.3. The molecule has 0 aromatic heterocycles. The van der Waals surface area contributed by atoms with Crippen LogP contribution in [-0.2, 0) is 20.6 Å². The molecule has 0 saturated carbocycles. The van der Waals surface area contributed by atoms with Crippen molar-refractivity contribution in [2.45, 2.75) is 67.8 Å². The van der Waals surface area contributed by atoms with E-state index in [1.807, 2.05) is 0 Å². The van der Waals surface area contributed by atoms with Crippen molar-refractivity contribution in [3.63, 3.8) is 0 Å². The Morgan fingerprint density at radius 3 is 2.15 bits per heavy atom. The second-order valence-corrected chi connectivity index (χ2v) is 9.51. The predicted molar refractivity (Wildman–Crippen MR) is 132 cm³/mol. The molecule has 3 rings (SSSR count). The fourth-order valence-electron chi connectivity index (χ4n) is 4.45. The number of aliphatic hydroxyl groups excluding tert-OH is 7. The van der Waals surface area contributed by atoms with Crippen molar-refractivity contribution in [2.24, 2.45) is 5.29 Å². The molecule has 0 spiro atoms. The molecule has 10 atom stereocenters. The zero-order valence-corrected chi connectivity index (χ0v) is 21.6. The van der Waals surface area contributed by atoms with E-state index in [1.54, 1.807) is 30.3 Å². The first kappa shape index (κ1) is 31.5. The molecule has 39 heavy (non-hydrogen) atoms. The van der Waals surface area contributed by atoms with Gasteiger partial charge in [0.05, 0.1) is 25.0 Å². The maximum Gasteiger partial charge on any atom is 0.345 e. The third-order valence-corrected chi connectivity index (χ3v) is 6.80. The largest absolute Gasteiger partial charge is 0.394 e. The molecule has 16 heteroatoms. The van der Waals surface area contributed by atoms with E-state index in [9.17, 15) is 45.4 Å². The van der Waals surface area contributed by atoms with Crippen molar-refractivity contribution in [3.05, 3.63) is 40.8 Å². The molecular weight excluding hydrogens is 546 g/mol. The van der Waals surface area contributed by atoms with Crippen LogP contribution in [0.3, 0.4) is 0 Å². The fraction of sp³-hybridized carbons (Fsp3) is 0.696. The minimum Gasteiger partial charge on any atom is -0.394 e. The Bertz CT molecular complexity index is 916. The number of aliphatic hydroxyl groups is 7. The van der Waals surface area contributed by atoms with Crippen LogP contribution in [0.1, 0.15) is 5.56 Å². The van der Waals surface area contributed by atoms with Gasteiger partial charge in [-0.05, 0) is 12.0 Å². The number of urea groups is 1. The van der Waals surface area contributed by atoms with E-state index < -0.39 is 80.6 Å². The highest BCUT2D eigenvalue weighted by atomic mass is 35.5. The van der Waals surface area contributed by atoms with Gasteiger partial charge in [-0.25, -0.2) is 4.79 Å². The number of alkyl halides is 1. The molecule has 0 bridgehead atoms. The van der Waals surface area contributed by atoms with Crippen LogP contribution in [0.5, 0.6) is 0 Å². The molecule has 2 fully saturated rings. The molecule has 1 aromatic carbocycles. The average Bonchev–Trinajstić information content (AvgIpc) is 2.95. The lowest BCUT2D eigenvalue weighted by molar-refractivity contribution is -0.347. The second-order valence-electron chi connectivity index (χ2n) is 9.13. The second kappa shape index (κ2) is 14.6. The van der Waals surface area contributed by atoms with Gasteiger partial charge < -0.3 is 50.0 Å². The summed E-state index contributed by atoms with van der Waals surface area (Å²) >= 11 is 5.68. The number of rotatable bonds is 11. The number of nitrogens with zero attached hydrogens (tertiary/aromatic N) is 3. The third-order valence-electron chi connectivity index (χ3n) is 6.63. The van der Waals surface area contributed by atoms with Crippen molar-refractivity contribution in [1.82, 2.24) is 9.91 Å². The molecule has 15 nitrogen and oxygen atoms in total. The van der Waals surface area contributed by atoms with E-state index in [2.05, 4.69) is 5.29 Å². The minimum atomic E-state index is -1.85. The molecule has 0 radical (unpaired) electrons. The normalized spacial score (nSPS) is 34.9. The first-order chi connectivity index (χ1) is 18.7. The Labute approximate surface area is 228 Å².